The maximum Gasteiger partial charge on any atom is 0.119 e. The van der Waals surface area contributed by atoms with Crippen LogP contribution in [0.1, 0.15) is 19.4 Å². The molecule has 0 amide bonds. The van der Waals surface area contributed by atoms with Crippen LogP contribution in [0.3, 0.4) is 0 Å². The normalized spacial score (nSPS) is 10.4. The van der Waals surface area contributed by atoms with Gasteiger partial charge in [-0.25, -0.2) is 0 Å². The Morgan fingerprint density at radius 2 is 2.00 bits per heavy atom. The largest absolute Gasteiger partial charge is 0.491 e. The molecule has 12 heavy (non-hydrogen) atoms. The lowest BCUT2D eigenvalue weighted by Gasteiger charge is -2.10. The third kappa shape index (κ3) is 2.49. The van der Waals surface area contributed by atoms with E-state index in [1.807, 2.05) is 19.9 Å². The zero-order valence-corrected chi connectivity index (χ0v) is 8.95. The van der Waals surface area contributed by atoms with Crippen molar-refractivity contribution in [3.05, 3.63) is 23.8 Å². The molecule has 0 aromatic heterocycles. The van der Waals surface area contributed by atoms with Crippen LogP contribution < -0.4 is 10.0 Å². The van der Waals surface area contributed by atoms with Crippen LogP contribution in [-0.4, -0.2) is 6.10 Å². The van der Waals surface area contributed by atoms with E-state index in [4.69, 9.17) is 4.74 Å². The fourth-order valence-corrected chi connectivity index (χ4v) is 1.17. The van der Waals surface area contributed by atoms with Gasteiger partial charge in [0.25, 0.3) is 0 Å². The van der Waals surface area contributed by atoms with Gasteiger partial charge in [-0.1, -0.05) is 6.07 Å². The van der Waals surface area contributed by atoms with Gasteiger partial charge in [-0.15, -0.1) is 9.24 Å². The molecule has 0 bridgehead atoms. The molecule has 0 saturated carbocycles. The molecule has 2 heteroatoms. The Labute approximate surface area is 76.3 Å². The lowest BCUT2D eigenvalue weighted by Crippen LogP contribution is -2.07. The van der Waals surface area contributed by atoms with E-state index in [1.54, 1.807) is 0 Å². The second-order valence-electron chi connectivity index (χ2n) is 3.19. The summed E-state index contributed by atoms with van der Waals surface area (Å²) < 4.78 is 5.54. The maximum absolute atomic E-state index is 5.54. The third-order valence-electron chi connectivity index (χ3n) is 1.61. The lowest BCUT2D eigenvalue weighted by molar-refractivity contribution is 0.242. The minimum absolute atomic E-state index is 0.250. The number of hydrogen-bond acceptors (Lipinski definition) is 1. The molecule has 0 saturated heterocycles. The van der Waals surface area contributed by atoms with Crippen LogP contribution in [0.2, 0.25) is 0 Å². The summed E-state index contributed by atoms with van der Waals surface area (Å²) in [5, 5.41) is 1.23. The van der Waals surface area contributed by atoms with Crippen LogP contribution in [0.25, 0.3) is 0 Å². The Kier molecular flexibility index (Phi) is 3.11. The van der Waals surface area contributed by atoms with Gasteiger partial charge in [0.2, 0.25) is 0 Å². The van der Waals surface area contributed by atoms with Crippen molar-refractivity contribution in [1.29, 1.82) is 0 Å². The topological polar surface area (TPSA) is 9.23 Å². The van der Waals surface area contributed by atoms with Gasteiger partial charge in [-0.05, 0) is 43.8 Å². The third-order valence-corrected chi connectivity index (χ3v) is 2.26. The van der Waals surface area contributed by atoms with Gasteiger partial charge < -0.3 is 4.74 Å². The Hall–Kier alpha value is -0.550. The quantitative estimate of drug-likeness (QED) is 0.637. The van der Waals surface area contributed by atoms with Crippen LogP contribution in [-0.2, 0) is 0 Å². The first-order valence-corrected chi connectivity index (χ1v) is 4.70. The first kappa shape index (κ1) is 9.54. The van der Waals surface area contributed by atoms with Crippen molar-refractivity contribution < 1.29 is 4.74 Å². The molecule has 0 spiro atoms. The van der Waals surface area contributed by atoms with Crippen molar-refractivity contribution in [3.8, 4) is 5.75 Å². The Morgan fingerprint density at radius 3 is 2.50 bits per heavy atom. The SMILES string of the molecule is Cc1cc(OC(C)C)ccc1P. The number of aryl methyl sites for hydroxylation is 1. The summed E-state index contributed by atoms with van der Waals surface area (Å²) in [4.78, 5) is 0. The summed E-state index contributed by atoms with van der Waals surface area (Å²) >= 11 is 0. The predicted molar refractivity (Wildman–Crippen MR) is 56.3 cm³/mol. The molecule has 1 aromatic rings. The maximum atomic E-state index is 5.54. The second-order valence-corrected chi connectivity index (χ2v) is 3.81. The average molecular weight is 182 g/mol. The van der Waals surface area contributed by atoms with Crippen molar-refractivity contribution in [2.45, 2.75) is 26.9 Å². The fraction of sp³-hybridized carbons (Fsp3) is 0.400. The van der Waals surface area contributed by atoms with Crippen molar-refractivity contribution in [3.63, 3.8) is 0 Å². The number of ether oxygens (including phenoxy) is 1. The zero-order chi connectivity index (χ0) is 9.14. The number of hydrogen-bond donors (Lipinski definition) is 0. The van der Waals surface area contributed by atoms with Crippen LogP contribution in [0.4, 0.5) is 0 Å². The van der Waals surface area contributed by atoms with E-state index in [0.717, 1.165) is 5.75 Å². The molecule has 1 aromatic carbocycles. The minimum atomic E-state index is 0.250. The summed E-state index contributed by atoms with van der Waals surface area (Å²) in [5.74, 6) is 0.953. The Balaban J connectivity index is 2.82. The van der Waals surface area contributed by atoms with E-state index >= 15 is 0 Å². The van der Waals surface area contributed by atoms with Crippen LogP contribution in [0, 0.1) is 6.92 Å². The molecule has 0 aliphatic rings. The highest BCUT2D eigenvalue weighted by atomic mass is 31.0. The van der Waals surface area contributed by atoms with E-state index in [-0.39, 0.29) is 6.10 Å². The van der Waals surface area contributed by atoms with Gasteiger partial charge >= 0.3 is 0 Å². The van der Waals surface area contributed by atoms with Crippen LogP contribution >= 0.6 is 9.24 Å². The van der Waals surface area contributed by atoms with Crippen molar-refractivity contribution >= 4 is 14.5 Å². The first-order chi connectivity index (χ1) is 5.59. The summed E-state index contributed by atoms with van der Waals surface area (Å²) in [6, 6.07) is 6.11. The zero-order valence-electron chi connectivity index (χ0n) is 7.79. The molecule has 1 atom stereocenters. The van der Waals surface area contributed by atoms with Crippen molar-refractivity contribution in [2.24, 2.45) is 0 Å². The fourth-order valence-electron chi connectivity index (χ4n) is 0.994. The molecule has 0 heterocycles. The van der Waals surface area contributed by atoms with Gasteiger partial charge in [0.05, 0.1) is 6.10 Å². The monoisotopic (exact) mass is 182 g/mol. The van der Waals surface area contributed by atoms with Gasteiger partial charge in [0, 0.05) is 0 Å². The number of benzene rings is 1. The average Bonchev–Trinajstić information content (AvgIpc) is 1.96. The molecule has 0 aliphatic carbocycles. The molecule has 0 N–H and O–H groups in total. The summed E-state index contributed by atoms with van der Waals surface area (Å²) in [6.45, 7) is 6.14. The van der Waals surface area contributed by atoms with Gasteiger partial charge in [0.15, 0.2) is 0 Å². The van der Waals surface area contributed by atoms with E-state index in [1.165, 1.54) is 10.9 Å². The van der Waals surface area contributed by atoms with E-state index in [0.29, 0.717) is 0 Å². The number of rotatable bonds is 2. The van der Waals surface area contributed by atoms with Crippen LogP contribution in [0.5, 0.6) is 5.75 Å². The van der Waals surface area contributed by atoms with E-state index in [9.17, 15) is 0 Å². The van der Waals surface area contributed by atoms with Crippen molar-refractivity contribution in [1.82, 2.24) is 0 Å². The lowest BCUT2D eigenvalue weighted by atomic mass is 10.2. The van der Waals surface area contributed by atoms with E-state index in [2.05, 4.69) is 28.3 Å². The molecule has 1 nitrogen and oxygen atoms in total. The van der Waals surface area contributed by atoms with Gasteiger partial charge in [-0.2, -0.15) is 0 Å². The molecular formula is C10H15OP. The smallest absolute Gasteiger partial charge is 0.119 e. The molecule has 0 radical (unpaired) electrons. The van der Waals surface area contributed by atoms with Crippen molar-refractivity contribution in [2.75, 3.05) is 0 Å². The minimum Gasteiger partial charge on any atom is -0.491 e. The molecule has 0 aliphatic heterocycles. The summed E-state index contributed by atoms with van der Waals surface area (Å²) in [6.07, 6.45) is 0.250. The highest BCUT2D eigenvalue weighted by Crippen LogP contribution is 2.14. The first-order valence-electron chi connectivity index (χ1n) is 4.12. The van der Waals surface area contributed by atoms with Crippen LogP contribution in [0.15, 0.2) is 18.2 Å². The highest BCUT2D eigenvalue weighted by molar-refractivity contribution is 7.27. The van der Waals surface area contributed by atoms with E-state index < -0.39 is 0 Å². The molecular weight excluding hydrogens is 167 g/mol. The molecule has 1 rings (SSSR count). The highest BCUT2D eigenvalue weighted by Gasteiger charge is 1.98. The second kappa shape index (κ2) is 3.91. The molecule has 1 unspecified atom stereocenters. The predicted octanol–water partition coefficient (Wildman–Crippen LogP) is 2.28. The summed E-state index contributed by atoms with van der Waals surface area (Å²) in [7, 11) is 2.70. The Morgan fingerprint density at radius 1 is 1.33 bits per heavy atom. The molecule has 66 valence electrons. The Bertz CT molecular complexity index is 269. The standard InChI is InChI=1S/C10H15OP/c1-7(2)11-9-4-5-10(12)8(3)6-9/h4-7H,12H2,1-3H3. The van der Waals surface area contributed by atoms with Gasteiger partial charge in [0.1, 0.15) is 5.75 Å². The van der Waals surface area contributed by atoms with Gasteiger partial charge in [-0.3, -0.25) is 0 Å². The molecule has 0 fully saturated rings. The summed E-state index contributed by atoms with van der Waals surface area (Å²) in [5.41, 5.74) is 1.25.